The third kappa shape index (κ3) is 5.61. The van der Waals surface area contributed by atoms with Crippen LogP contribution in [0, 0.1) is 0 Å². The van der Waals surface area contributed by atoms with Gasteiger partial charge < -0.3 is 14.8 Å². The van der Waals surface area contributed by atoms with Gasteiger partial charge in [-0.05, 0) is 56.5 Å². The fourth-order valence-corrected chi connectivity index (χ4v) is 3.55. The minimum Gasteiger partial charge on any atom is -0.493 e. The quantitative estimate of drug-likeness (QED) is 0.436. The summed E-state index contributed by atoms with van der Waals surface area (Å²) in [5.41, 5.74) is 1.91. The molecular weight excluding hydrogens is 458 g/mol. The van der Waals surface area contributed by atoms with E-state index in [4.69, 9.17) is 21.1 Å². The molecule has 1 N–H and O–H groups in total. The van der Waals surface area contributed by atoms with Gasteiger partial charge in [-0.1, -0.05) is 48.2 Å². The molecule has 3 rings (SSSR count). The van der Waals surface area contributed by atoms with Crippen molar-refractivity contribution in [3.63, 3.8) is 0 Å². The van der Waals surface area contributed by atoms with Gasteiger partial charge in [0.2, 0.25) is 5.95 Å². The van der Waals surface area contributed by atoms with E-state index in [1.165, 1.54) is 0 Å². The van der Waals surface area contributed by atoms with E-state index in [1.807, 2.05) is 36.4 Å². The van der Waals surface area contributed by atoms with Crippen LogP contribution in [-0.4, -0.2) is 27.3 Å². The van der Waals surface area contributed by atoms with Gasteiger partial charge in [0, 0.05) is 23.7 Å². The van der Waals surface area contributed by atoms with Crippen molar-refractivity contribution in [3.05, 3.63) is 57.0 Å². The third-order valence-electron chi connectivity index (χ3n) is 4.33. The number of benzene rings is 2. The van der Waals surface area contributed by atoms with Gasteiger partial charge in [0.1, 0.15) is 6.61 Å². The molecule has 2 aromatic carbocycles. The fourth-order valence-electron chi connectivity index (χ4n) is 2.75. The largest absolute Gasteiger partial charge is 0.493 e. The Balaban J connectivity index is 1.70. The zero-order chi connectivity index (χ0) is 20.6. The highest BCUT2D eigenvalue weighted by molar-refractivity contribution is 9.10. The molecule has 0 radical (unpaired) electrons. The minimum absolute atomic E-state index is 0.346. The number of tetrazole rings is 1. The summed E-state index contributed by atoms with van der Waals surface area (Å²) >= 11 is 9.80. The van der Waals surface area contributed by atoms with Gasteiger partial charge in [0.25, 0.3) is 0 Å². The van der Waals surface area contributed by atoms with Crippen molar-refractivity contribution in [2.75, 3.05) is 12.4 Å². The summed E-state index contributed by atoms with van der Waals surface area (Å²) in [6.07, 6.45) is 2.11. The summed E-state index contributed by atoms with van der Waals surface area (Å²) in [6.45, 7) is 3.81. The first-order valence-electron chi connectivity index (χ1n) is 9.35. The second-order valence-corrected chi connectivity index (χ2v) is 7.68. The molecule has 0 aliphatic rings. The van der Waals surface area contributed by atoms with Gasteiger partial charge in [0.15, 0.2) is 11.5 Å². The number of aromatic nitrogens is 4. The van der Waals surface area contributed by atoms with Crippen molar-refractivity contribution in [1.82, 2.24) is 20.2 Å². The van der Waals surface area contributed by atoms with Crippen LogP contribution in [-0.2, 0) is 19.7 Å². The highest BCUT2D eigenvalue weighted by Gasteiger charge is 2.14. The molecule has 0 atom stereocenters. The fraction of sp³-hybridized carbons (Fsp3) is 0.350. The average molecular weight is 481 g/mol. The monoisotopic (exact) mass is 479 g/mol. The molecule has 154 valence electrons. The van der Waals surface area contributed by atoms with Gasteiger partial charge in [0.05, 0.1) is 11.6 Å². The smallest absolute Gasteiger partial charge is 0.243 e. The third-order valence-corrected chi connectivity index (χ3v) is 5.28. The van der Waals surface area contributed by atoms with E-state index in [0.717, 1.165) is 35.0 Å². The van der Waals surface area contributed by atoms with Crippen LogP contribution >= 0.6 is 27.5 Å². The molecule has 3 aromatic rings. The minimum atomic E-state index is 0.346. The molecule has 1 aromatic heterocycles. The molecule has 0 spiro atoms. The molecule has 7 nitrogen and oxygen atoms in total. The highest BCUT2D eigenvalue weighted by Crippen LogP contribution is 2.37. The number of aryl methyl sites for hydroxylation is 1. The summed E-state index contributed by atoms with van der Waals surface area (Å²) in [7, 11) is 1.62. The van der Waals surface area contributed by atoms with Gasteiger partial charge in [-0.25, -0.2) is 4.68 Å². The summed E-state index contributed by atoms with van der Waals surface area (Å²) in [6, 6.07) is 11.5. The maximum absolute atomic E-state index is 6.21. The lowest BCUT2D eigenvalue weighted by Gasteiger charge is -2.15. The predicted octanol–water partition coefficient (Wildman–Crippen LogP) is 5.09. The highest BCUT2D eigenvalue weighted by atomic mass is 79.9. The second kappa shape index (κ2) is 10.5. The Morgan fingerprint density at radius 2 is 2.07 bits per heavy atom. The van der Waals surface area contributed by atoms with Gasteiger partial charge in [-0.15, -0.1) is 0 Å². The van der Waals surface area contributed by atoms with Crippen molar-refractivity contribution in [1.29, 1.82) is 0 Å². The lowest BCUT2D eigenvalue weighted by molar-refractivity contribution is 0.282. The van der Waals surface area contributed by atoms with Crippen LogP contribution in [0.1, 0.15) is 30.9 Å². The first-order valence-corrected chi connectivity index (χ1v) is 10.5. The van der Waals surface area contributed by atoms with Crippen LogP contribution in [0.25, 0.3) is 0 Å². The molecule has 0 amide bonds. The topological polar surface area (TPSA) is 74.1 Å². The maximum atomic E-state index is 6.21. The van der Waals surface area contributed by atoms with Crippen LogP contribution in [0.5, 0.6) is 11.5 Å². The van der Waals surface area contributed by atoms with E-state index in [9.17, 15) is 0 Å². The standard InChI is InChI=1S/C20H23BrClN5O2/c1-3-4-9-27-20(24-25-26-27)23-12-14-10-16(21)19(18(11-14)28-2)29-13-15-7-5-6-8-17(15)22/h5-8,10-11H,3-4,9,12-13H2,1-2H3,(H,23,24,26). The molecule has 0 aliphatic carbocycles. The SMILES string of the molecule is CCCCn1nnnc1NCc1cc(Br)c(OCc2ccccc2Cl)c(OC)c1. The zero-order valence-electron chi connectivity index (χ0n) is 16.4. The number of hydrogen-bond donors (Lipinski definition) is 1. The Hall–Kier alpha value is -2.32. The molecule has 0 bridgehead atoms. The van der Waals surface area contributed by atoms with Crippen molar-refractivity contribution in [2.24, 2.45) is 0 Å². The number of hydrogen-bond acceptors (Lipinski definition) is 6. The summed E-state index contributed by atoms with van der Waals surface area (Å²) in [5, 5.41) is 15.8. The number of unbranched alkanes of at least 4 members (excludes halogenated alkanes) is 1. The molecular formula is C20H23BrClN5O2. The number of methoxy groups -OCH3 is 1. The first kappa shape index (κ1) is 21.4. The van der Waals surface area contributed by atoms with Crippen LogP contribution in [0.2, 0.25) is 5.02 Å². The Labute approximate surface area is 183 Å². The van der Waals surface area contributed by atoms with Crippen molar-refractivity contribution >= 4 is 33.5 Å². The second-order valence-electron chi connectivity index (χ2n) is 6.42. The van der Waals surface area contributed by atoms with Crippen LogP contribution < -0.4 is 14.8 Å². The Morgan fingerprint density at radius 3 is 2.83 bits per heavy atom. The molecule has 0 aliphatic heterocycles. The molecule has 1 heterocycles. The van der Waals surface area contributed by atoms with Crippen LogP contribution in [0.3, 0.4) is 0 Å². The molecule has 0 fully saturated rings. The lowest BCUT2D eigenvalue weighted by Crippen LogP contribution is -2.09. The number of nitrogens with zero attached hydrogens (tertiary/aromatic N) is 4. The van der Waals surface area contributed by atoms with E-state index in [-0.39, 0.29) is 0 Å². The number of ether oxygens (including phenoxy) is 2. The molecule has 9 heteroatoms. The van der Waals surface area contributed by atoms with Crippen LogP contribution in [0.15, 0.2) is 40.9 Å². The molecule has 0 unspecified atom stereocenters. The summed E-state index contributed by atoms with van der Waals surface area (Å²) < 4.78 is 14.1. The normalized spacial score (nSPS) is 10.8. The Kier molecular flexibility index (Phi) is 7.71. The maximum Gasteiger partial charge on any atom is 0.243 e. The summed E-state index contributed by atoms with van der Waals surface area (Å²) in [5.74, 6) is 1.91. The van der Waals surface area contributed by atoms with Crippen molar-refractivity contribution in [3.8, 4) is 11.5 Å². The zero-order valence-corrected chi connectivity index (χ0v) is 18.7. The van der Waals surface area contributed by atoms with E-state index < -0.39 is 0 Å². The van der Waals surface area contributed by atoms with Gasteiger partial charge in [-0.3, -0.25) is 0 Å². The van der Waals surface area contributed by atoms with Gasteiger partial charge in [-0.2, -0.15) is 0 Å². The van der Waals surface area contributed by atoms with E-state index in [0.29, 0.717) is 35.6 Å². The Bertz CT molecular complexity index is 950. The number of halogens is 2. The van der Waals surface area contributed by atoms with Crippen molar-refractivity contribution in [2.45, 2.75) is 39.5 Å². The molecule has 0 saturated carbocycles. The number of rotatable bonds is 10. The Morgan fingerprint density at radius 1 is 1.24 bits per heavy atom. The van der Waals surface area contributed by atoms with Crippen molar-refractivity contribution < 1.29 is 9.47 Å². The van der Waals surface area contributed by atoms with E-state index in [1.54, 1.807) is 11.8 Å². The van der Waals surface area contributed by atoms with E-state index >= 15 is 0 Å². The number of nitrogens with one attached hydrogen (secondary N) is 1. The number of anilines is 1. The lowest BCUT2D eigenvalue weighted by atomic mass is 10.2. The van der Waals surface area contributed by atoms with Gasteiger partial charge >= 0.3 is 0 Å². The van der Waals surface area contributed by atoms with Crippen LogP contribution in [0.4, 0.5) is 5.95 Å². The average Bonchev–Trinajstić information content (AvgIpc) is 3.18. The molecule has 0 saturated heterocycles. The first-order chi connectivity index (χ1) is 14.1. The molecule has 29 heavy (non-hydrogen) atoms. The summed E-state index contributed by atoms with van der Waals surface area (Å²) in [4.78, 5) is 0. The van der Waals surface area contributed by atoms with E-state index in [2.05, 4.69) is 43.7 Å². The predicted molar refractivity (Wildman–Crippen MR) is 117 cm³/mol.